The van der Waals surface area contributed by atoms with E-state index in [4.69, 9.17) is 4.74 Å². The molecule has 0 bridgehead atoms. The monoisotopic (exact) mass is 379 g/mol. The molecule has 136 valence electrons. The third-order valence-corrected chi connectivity index (χ3v) is 4.88. The molecule has 2 aromatic carbocycles. The number of nitrogens with one attached hydrogen (secondary N) is 1. The second kappa shape index (κ2) is 8.42. The Hall–Kier alpha value is -3.25. The zero-order valence-corrected chi connectivity index (χ0v) is 15.4. The number of hydrogen-bond donors (Lipinski definition) is 1. The van der Waals surface area contributed by atoms with Crippen LogP contribution in [0.4, 0.5) is 5.69 Å². The van der Waals surface area contributed by atoms with Crippen LogP contribution in [0.1, 0.15) is 36.0 Å². The normalized spacial score (nSPS) is 10.3. The quantitative estimate of drug-likeness (QED) is 0.510. The van der Waals surface area contributed by atoms with E-state index < -0.39 is 5.97 Å². The largest absolute Gasteiger partial charge is 0.453 e. The Kier molecular flexibility index (Phi) is 5.78. The summed E-state index contributed by atoms with van der Waals surface area (Å²) in [7, 11) is 0. The van der Waals surface area contributed by atoms with E-state index in [1.54, 1.807) is 53.9 Å². The third-order valence-electron chi connectivity index (χ3n) is 3.88. The summed E-state index contributed by atoms with van der Waals surface area (Å²) < 4.78 is 5.09. The highest BCUT2D eigenvalue weighted by atomic mass is 32.1. The lowest BCUT2D eigenvalue weighted by Crippen LogP contribution is -2.14. The molecule has 0 aliphatic carbocycles. The van der Waals surface area contributed by atoms with Gasteiger partial charge < -0.3 is 10.1 Å². The van der Waals surface area contributed by atoms with E-state index >= 15 is 0 Å². The number of esters is 1. The number of anilines is 1. The molecule has 1 aromatic heterocycles. The lowest BCUT2D eigenvalue weighted by Gasteiger charge is -2.07. The molecule has 5 nitrogen and oxygen atoms in total. The first-order valence-corrected chi connectivity index (χ1v) is 9.13. The van der Waals surface area contributed by atoms with Crippen molar-refractivity contribution >= 4 is 34.7 Å². The number of amides is 1. The number of rotatable bonds is 6. The summed E-state index contributed by atoms with van der Waals surface area (Å²) in [6.07, 6.45) is 0. The van der Waals surface area contributed by atoms with Crippen LogP contribution >= 0.6 is 11.3 Å². The zero-order valence-electron chi connectivity index (χ0n) is 14.6. The van der Waals surface area contributed by atoms with Crippen molar-refractivity contribution in [1.29, 1.82) is 0 Å². The maximum Gasteiger partial charge on any atom is 0.349 e. The van der Waals surface area contributed by atoms with Crippen molar-refractivity contribution < 1.29 is 19.1 Å². The number of thiophene rings is 1. The van der Waals surface area contributed by atoms with Gasteiger partial charge in [0.2, 0.25) is 0 Å². The molecule has 0 aliphatic heterocycles. The van der Waals surface area contributed by atoms with Gasteiger partial charge in [-0.1, -0.05) is 18.2 Å². The smallest absolute Gasteiger partial charge is 0.349 e. The third kappa shape index (κ3) is 4.68. The average molecular weight is 379 g/mol. The van der Waals surface area contributed by atoms with Gasteiger partial charge in [0, 0.05) is 16.8 Å². The lowest BCUT2D eigenvalue weighted by molar-refractivity contribution is 0.0479. The summed E-state index contributed by atoms with van der Waals surface area (Å²) in [5, 5.41) is 4.57. The number of carbonyl (C=O) groups is 3. The minimum absolute atomic E-state index is 0.227. The molecule has 1 amide bonds. The van der Waals surface area contributed by atoms with Crippen molar-refractivity contribution in [3.63, 3.8) is 0 Å². The molecule has 3 rings (SSSR count). The van der Waals surface area contributed by atoms with E-state index in [0.29, 0.717) is 21.7 Å². The Morgan fingerprint density at radius 3 is 2.26 bits per heavy atom. The molecule has 3 aromatic rings. The fraction of sp³-hybridized carbons (Fsp3) is 0.0952. The molecule has 0 saturated heterocycles. The van der Waals surface area contributed by atoms with Crippen LogP contribution in [0.25, 0.3) is 0 Å². The van der Waals surface area contributed by atoms with Crippen LogP contribution in [0.3, 0.4) is 0 Å². The predicted octanol–water partition coefficient (Wildman–Crippen LogP) is 4.35. The fourth-order valence-corrected chi connectivity index (χ4v) is 3.21. The Labute approximate surface area is 160 Å². The van der Waals surface area contributed by atoms with Gasteiger partial charge in [0.1, 0.15) is 4.88 Å². The molecule has 0 aliphatic rings. The highest BCUT2D eigenvalue weighted by Crippen LogP contribution is 2.17. The Balaban J connectivity index is 1.56. The number of ketones is 1. The summed E-state index contributed by atoms with van der Waals surface area (Å²) in [6.45, 7) is 1.49. The topological polar surface area (TPSA) is 72.5 Å². The van der Waals surface area contributed by atoms with Gasteiger partial charge in [-0.15, -0.1) is 11.3 Å². The molecule has 6 heteroatoms. The maximum absolute atomic E-state index is 12.2. The van der Waals surface area contributed by atoms with Gasteiger partial charge >= 0.3 is 5.97 Å². The van der Waals surface area contributed by atoms with Gasteiger partial charge in [0.15, 0.2) is 12.4 Å². The fourth-order valence-electron chi connectivity index (χ4n) is 2.39. The van der Waals surface area contributed by atoms with E-state index in [1.807, 2.05) is 19.1 Å². The molecular formula is C21H17NO4S. The van der Waals surface area contributed by atoms with Crippen LogP contribution in [-0.2, 0) is 4.74 Å². The Bertz CT molecular complexity index is 961. The van der Waals surface area contributed by atoms with Crippen molar-refractivity contribution in [3.8, 4) is 0 Å². The van der Waals surface area contributed by atoms with Crippen LogP contribution in [-0.4, -0.2) is 24.3 Å². The summed E-state index contributed by atoms with van der Waals surface area (Å²) >= 11 is 1.28. The molecule has 0 saturated carbocycles. The second-order valence-electron chi connectivity index (χ2n) is 5.83. The van der Waals surface area contributed by atoms with E-state index in [2.05, 4.69) is 5.32 Å². The number of ether oxygens (including phenoxy) is 1. The zero-order chi connectivity index (χ0) is 19.2. The molecule has 0 unspecified atom stereocenters. The Morgan fingerprint density at radius 1 is 0.926 bits per heavy atom. The van der Waals surface area contributed by atoms with Crippen LogP contribution < -0.4 is 5.32 Å². The molecular weight excluding hydrogens is 362 g/mol. The SMILES string of the molecule is Cc1ccsc1C(=O)OCC(=O)c1ccc(NC(=O)c2ccccc2)cc1. The van der Waals surface area contributed by atoms with Crippen LogP contribution in [0.2, 0.25) is 0 Å². The first-order chi connectivity index (χ1) is 13.0. The first kappa shape index (κ1) is 18.5. The average Bonchev–Trinajstić information content (AvgIpc) is 3.13. The van der Waals surface area contributed by atoms with Crippen LogP contribution in [0.15, 0.2) is 66.0 Å². The van der Waals surface area contributed by atoms with E-state index in [9.17, 15) is 14.4 Å². The van der Waals surface area contributed by atoms with Gasteiger partial charge in [-0.05, 0) is 60.3 Å². The molecule has 0 fully saturated rings. The highest BCUT2D eigenvalue weighted by Gasteiger charge is 2.15. The number of aryl methyl sites for hydroxylation is 1. The first-order valence-electron chi connectivity index (χ1n) is 8.25. The van der Waals surface area contributed by atoms with Gasteiger partial charge in [0.25, 0.3) is 5.91 Å². The molecule has 0 radical (unpaired) electrons. The number of benzene rings is 2. The minimum atomic E-state index is -0.498. The van der Waals surface area contributed by atoms with Gasteiger partial charge in [0.05, 0.1) is 0 Å². The maximum atomic E-state index is 12.2. The van der Waals surface area contributed by atoms with Crippen molar-refractivity contribution in [2.75, 3.05) is 11.9 Å². The second-order valence-corrected chi connectivity index (χ2v) is 6.75. The van der Waals surface area contributed by atoms with Gasteiger partial charge in [-0.2, -0.15) is 0 Å². The van der Waals surface area contributed by atoms with Gasteiger partial charge in [-0.3, -0.25) is 9.59 Å². The highest BCUT2D eigenvalue weighted by molar-refractivity contribution is 7.12. The van der Waals surface area contributed by atoms with Crippen LogP contribution in [0.5, 0.6) is 0 Å². The number of carbonyl (C=O) groups excluding carboxylic acids is 3. The molecule has 1 heterocycles. The van der Waals surface area contributed by atoms with Crippen LogP contribution in [0, 0.1) is 6.92 Å². The standard InChI is InChI=1S/C21H17NO4S/c1-14-11-12-27-19(14)21(25)26-13-18(23)15-7-9-17(10-8-15)22-20(24)16-5-3-2-4-6-16/h2-12H,13H2,1H3,(H,22,24). The number of hydrogen-bond acceptors (Lipinski definition) is 5. The Morgan fingerprint density at radius 2 is 1.63 bits per heavy atom. The minimum Gasteiger partial charge on any atom is -0.453 e. The summed E-state index contributed by atoms with van der Waals surface area (Å²) in [4.78, 5) is 36.8. The van der Waals surface area contributed by atoms with E-state index in [-0.39, 0.29) is 18.3 Å². The van der Waals surface area contributed by atoms with Crippen molar-refractivity contribution in [1.82, 2.24) is 0 Å². The van der Waals surface area contributed by atoms with E-state index in [0.717, 1.165) is 5.56 Å². The number of Topliss-reactive ketones (excluding diaryl/α,β-unsaturated/α-hetero) is 1. The summed E-state index contributed by atoms with van der Waals surface area (Å²) in [5.74, 6) is -1.03. The van der Waals surface area contributed by atoms with E-state index in [1.165, 1.54) is 11.3 Å². The molecule has 27 heavy (non-hydrogen) atoms. The molecule has 1 N–H and O–H groups in total. The summed E-state index contributed by atoms with van der Waals surface area (Å²) in [6, 6.07) is 17.1. The van der Waals surface area contributed by atoms with Crippen molar-refractivity contribution in [2.24, 2.45) is 0 Å². The lowest BCUT2D eigenvalue weighted by atomic mass is 10.1. The van der Waals surface area contributed by atoms with Gasteiger partial charge in [-0.25, -0.2) is 4.79 Å². The van der Waals surface area contributed by atoms with Crippen molar-refractivity contribution in [3.05, 3.63) is 87.6 Å². The molecule has 0 atom stereocenters. The molecule has 0 spiro atoms. The van der Waals surface area contributed by atoms with Crippen molar-refractivity contribution in [2.45, 2.75) is 6.92 Å². The predicted molar refractivity (Wildman–Crippen MR) is 105 cm³/mol. The summed E-state index contributed by atoms with van der Waals surface area (Å²) in [5.41, 5.74) is 2.36.